The molecule has 1 aromatic rings. The van der Waals surface area contributed by atoms with Crippen LogP contribution in [0.4, 0.5) is 0 Å². The van der Waals surface area contributed by atoms with Gasteiger partial charge in [-0.2, -0.15) is 0 Å². The van der Waals surface area contributed by atoms with Gasteiger partial charge in [0.25, 0.3) is 0 Å². The van der Waals surface area contributed by atoms with Crippen molar-refractivity contribution in [2.24, 2.45) is 0 Å². The highest BCUT2D eigenvalue weighted by atomic mass is 35.5. The topological polar surface area (TPSA) is 58.2 Å². The van der Waals surface area contributed by atoms with E-state index in [1.165, 1.54) is 6.07 Å². The van der Waals surface area contributed by atoms with Gasteiger partial charge in [0.05, 0.1) is 5.02 Å². The first-order valence-corrected chi connectivity index (χ1v) is 9.31. The van der Waals surface area contributed by atoms with Gasteiger partial charge in [0, 0.05) is 23.7 Å². The van der Waals surface area contributed by atoms with E-state index >= 15 is 0 Å². The van der Waals surface area contributed by atoms with Gasteiger partial charge in [-0.05, 0) is 43.9 Å². The fourth-order valence-electron chi connectivity index (χ4n) is 1.90. The highest BCUT2D eigenvalue weighted by Gasteiger charge is 2.24. The Kier molecular flexibility index (Phi) is 5.54. The molecular formula is C14H20Cl2N2O2S. The number of benzene rings is 1. The van der Waals surface area contributed by atoms with Crippen LogP contribution in [0.1, 0.15) is 38.7 Å². The molecule has 0 aromatic heterocycles. The molecule has 0 amide bonds. The lowest BCUT2D eigenvalue weighted by Gasteiger charge is -2.15. The average Bonchev–Trinajstić information content (AvgIpc) is 3.22. The van der Waals surface area contributed by atoms with Gasteiger partial charge >= 0.3 is 0 Å². The second-order valence-corrected chi connectivity index (χ2v) is 7.96. The molecule has 1 atom stereocenters. The molecule has 0 bridgehead atoms. The SMILES string of the molecule is CCC(C)NS(=O)(=O)c1cc(Cl)cc(CNC2CC2)c1Cl. The Hall–Kier alpha value is -0.330. The van der Waals surface area contributed by atoms with E-state index in [1.807, 2.05) is 13.8 Å². The van der Waals surface area contributed by atoms with E-state index in [0.717, 1.165) is 12.8 Å². The van der Waals surface area contributed by atoms with Crippen LogP contribution in [-0.4, -0.2) is 20.5 Å². The maximum absolute atomic E-state index is 12.4. The fraction of sp³-hybridized carbons (Fsp3) is 0.571. The summed E-state index contributed by atoms with van der Waals surface area (Å²) in [5, 5.41) is 3.92. The Balaban J connectivity index is 2.29. The maximum Gasteiger partial charge on any atom is 0.242 e. The zero-order chi connectivity index (χ0) is 15.6. The van der Waals surface area contributed by atoms with Gasteiger partial charge < -0.3 is 5.32 Å². The lowest BCUT2D eigenvalue weighted by atomic mass is 10.2. The first kappa shape index (κ1) is 17.0. The Morgan fingerprint density at radius 3 is 2.57 bits per heavy atom. The Bertz CT molecular complexity index is 616. The zero-order valence-corrected chi connectivity index (χ0v) is 14.4. The van der Waals surface area contributed by atoms with Gasteiger partial charge in [0.1, 0.15) is 4.90 Å². The summed E-state index contributed by atoms with van der Waals surface area (Å²) < 4.78 is 27.4. The van der Waals surface area contributed by atoms with Crippen molar-refractivity contribution in [3.8, 4) is 0 Å². The maximum atomic E-state index is 12.4. The summed E-state index contributed by atoms with van der Waals surface area (Å²) in [5.41, 5.74) is 0.709. The standard InChI is InChI=1S/C14H20Cl2N2O2S/c1-3-9(2)18-21(19,20)13-7-11(15)6-10(14(13)16)8-17-12-4-5-12/h6-7,9,12,17-18H,3-5,8H2,1-2H3. The predicted octanol–water partition coefficient (Wildman–Crippen LogP) is 3.32. The summed E-state index contributed by atoms with van der Waals surface area (Å²) in [6.45, 7) is 4.25. The molecule has 1 unspecified atom stereocenters. The van der Waals surface area contributed by atoms with E-state index in [-0.39, 0.29) is 16.0 Å². The highest BCUT2D eigenvalue weighted by Crippen LogP contribution is 2.30. The summed E-state index contributed by atoms with van der Waals surface area (Å²) in [7, 11) is -3.66. The van der Waals surface area contributed by atoms with Gasteiger partial charge in [-0.3, -0.25) is 0 Å². The highest BCUT2D eigenvalue weighted by molar-refractivity contribution is 7.89. The minimum Gasteiger partial charge on any atom is -0.310 e. The van der Waals surface area contributed by atoms with E-state index in [9.17, 15) is 8.42 Å². The quantitative estimate of drug-likeness (QED) is 0.792. The van der Waals surface area contributed by atoms with Crippen LogP contribution in [0, 0.1) is 0 Å². The van der Waals surface area contributed by atoms with Crippen LogP contribution >= 0.6 is 23.2 Å². The second kappa shape index (κ2) is 6.84. The molecule has 0 saturated heterocycles. The fourth-order valence-corrected chi connectivity index (χ4v) is 4.15. The van der Waals surface area contributed by atoms with E-state index < -0.39 is 10.0 Å². The van der Waals surface area contributed by atoms with Crippen LogP contribution < -0.4 is 10.0 Å². The molecule has 2 N–H and O–H groups in total. The molecule has 0 radical (unpaired) electrons. The third-order valence-corrected chi connectivity index (χ3v) is 5.89. The van der Waals surface area contributed by atoms with Crippen LogP contribution in [-0.2, 0) is 16.6 Å². The van der Waals surface area contributed by atoms with E-state index in [4.69, 9.17) is 23.2 Å². The third-order valence-electron chi connectivity index (χ3n) is 3.50. The molecular weight excluding hydrogens is 331 g/mol. The lowest BCUT2D eigenvalue weighted by molar-refractivity contribution is 0.555. The first-order chi connectivity index (χ1) is 9.83. The lowest BCUT2D eigenvalue weighted by Crippen LogP contribution is -2.32. The molecule has 0 spiro atoms. The number of nitrogens with one attached hydrogen (secondary N) is 2. The van der Waals surface area contributed by atoms with Gasteiger partial charge in [-0.25, -0.2) is 13.1 Å². The van der Waals surface area contributed by atoms with E-state index in [1.54, 1.807) is 6.07 Å². The van der Waals surface area contributed by atoms with Crippen molar-refractivity contribution in [1.29, 1.82) is 0 Å². The number of sulfonamides is 1. The van der Waals surface area contributed by atoms with Gasteiger partial charge in [-0.15, -0.1) is 0 Å². The van der Waals surface area contributed by atoms with Gasteiger partial charge in [-0.1, -0.05) is 30.1 Å². The van der Waals surface area contributed by atoms with Crippen LogP contribution in [0.5, 0.6) is 0 Å². The van der Waals surface area contributed by atoms with Crippen LogP contribution in [0.25, 0.3) is 0 Å². The third kappa shape index (κ3) is 4.57. The Labute approximate surface area is 136 Å². The molecule has 1 aromatic carbocycles. The minimum absolute atomic E-state index is 0.0459. The van der Waals surface area contributed by atoms with Crippen molar-refractivity contribution in [3.05, 3.63) is 27.7 Å². The second-order valence-electron chi connectivity index (χ2n) is 5.46. The van der Waals surface area contributed by atoms with Crippen molar-refractivity contribution >= 4 is 33.2 Å². The van der Waals surface area contributed by atoms with Crippen molar-refractivity contribution in [2.75, 3.05) is 0 Å². The largest absolute Gasteiger partial charge is 0.310 e. The van der Waals surface area contributed by atoms with Crippen molar-refractivity contribution in [2.45, 2.75) is 56.6 Å². The molecule has 1 fully saturated rings. The molecule has 7 heteroatoms. The molecule has 2 rings (SSSR count). The number of hydrogen-bond acceptors (Lipinski definition) is 3. The minimum atomic E-state index is -3.66. The summed E-state index contributed by atoms with van der Waals surface area (Å²) in [5.74, 6) is 0. The number of hydrogen-bond donors (Lipinski definition) is 2. The van der Waals surface area contributed by atoms with Crippen LogP contribution in [0.2, 0.25) is 10.0 Å². The Morgan fingerprint density at radius 2 is 2.00 bits per heavy atom. The molecule has 1 saturated carbocycles. The molecule has 118 valence electrons. The molecule has 4 nitrogen and oxygen atoms in total. The molecule has 0 heterocycles. The normalized spacial score (nSPS) is 17.0. The predicted molar refractivity (Wildman–Crippen MR) is 86.4 cm³/mol. The van der Waals surface area contributed by atoms with Crippen molar-refractivity contribution in [1.82, 2.24) is 10.0 Å². The smallest absolute Gasteiger partial charge is 0.242 e. The number of rotatable bonds is 7. The molecule has 21 heavy (non-hydrogen) atoms. The summed E-state index contributed by atoms with van der Waals surface area (Å²) in [4.78, 5) is 0.0459. The Morgan fingerprint density at radius 1 is 1.33 bits per heavy atom. The van der Waals surface area contributed by atoms with Crippen molar-refractivity contribution in [3.63, 3.8) is 0 Å². The average molecular weight is 351 g/mol. The van der Waals surface area contributed by atoms with Crippen molar-refractivity contribution < 1.29 is 8.42 Å². The molecule has 0 aliphatic heterocycles. The van der Waals surface area contributed by atoms with Gasteiger partial charge in [0.2, 0.25) is 10.0 Å². The van der Waals surface area contributed by atoms with E-state index in [0.29, 0.717) is 29.6 Å². The summed E-state index contributed by atoms with van der Waals surface area (Å²) in [6, 6.07) is 3.47. The summed E-state index contributed by atoms with van der Waals surface area (Å²) >= 11 is 12.3. The molecule has 1 aliphatic carbocycles. The number of halogens is 2. The van der Waals surface area contributed by atoms with Crippen LogP contribution in [0.3, 0.4) is 0 Å². The first-order valence-electron chi connectivity index (χ1n) is 7.07. The van der Waals surface area contributed by atoms with Crippen LogP contribution in [0.15, 0.2) is 17.0 Å². The zero-order valence-electron chi connectivity index (χ0n) is 12.1. The van der Waals surface area contributed by atoms with E-state index in [2.05, 4.69) is 10.0 Å². The molecule has 1 aliphatic rings. The summed E-state index contributed by atoms with van der Waals surface area (Å²) in [6.07, 6.45) is 3.01. The monoisotopic (exact) mass is 350 g/mol. The van der Waals surface area contributed by atoms with Gasteiger partial charge in [0.15, 0.2) is 0 Å².